The van der Waals surface area contributed by atoms with E-state index in [1.807, 2.05) is 12.1 Å². The minimum atomic E-state index is -0.945. The van der Waals surface area contributed by atoms with Crippen molar-refractivity contribution in [3.05, 3.63) is 53.6 Å². The second-order valence-electron chi connectivity index (χ2n) is 4.57. The molecule has 5 nitrogen and oxygen atoms in total. The molecular weight excluding hydrogens is 284 g/mol. The molecule has 5 heteroatoms. The Balaban J connectivity index is 2.46. The Morgan fingerprint density at radius 2 is 1.45 bits per heavy atom. The normalized spacial score (nSPS) is 11.8. The average Bonchev–Trinajstić information content (AvgIpc) is 2.58. The van der Waals surface area contributed by atoms with Crippen LogP contribution in [0, 0.1) is 0 Å². The Kier molecular flexibility index (Phi) is 5.63. The zero-order valence-electron chi connectivity index (χ0n) is 12.9. The second-order valence-corrected chi connectivity index (χ2v) is 4.57. The van der Waals surface area contributed by atoms with Crippen molar-refractivity contribution in [3.8, 4) is 17.2 Å². The van der Waals surface area contributed by atoms with Crippen molar-refractivity contribution in [1.29, 1.82) is 0 Å². The van der Waals surface area contributed by atoms with Crippen molar-refractivity contribution >= 4 is 0 Å². The summed E-state index contributed by atoms with van der Waals surface area (Å²) in [6.45, 7) is 0.104. The second kappa shape index (κ2) is 7.68. The maximum atomic E-state index is 10.8. The molecule has 22 heavy (non-hydrogen) atoms. The van der Waals surface area contributed by atoms with Gasteiger partial charge in [0.05, 0.1) is 19.8 Å². The van der Waals surface area contributed by atoms with Crippen molar-refractivity contribution in [1.82, 2.24) is 0 Å². The highest BCUT2D eigenvalue weighted by molar-refractivity contribution is 5.51. The molecular formula is C17H20O5. The summed E-state index contributed by atoms with van der Waals surface area (Å²) in [7, 11) is 4.65. The van der Waals surface area contributed by atoms with Crippen LogP contribution in [0.5, 0.6) is 17.2 Å². The van der Waals surface area contributed by atoms with Gasteiger partial charge in [0.1, 0.15) is 23.4 Å². The SMILES string of the molecule is COCOc1ccccc1C(O)c1c(OC)cccc1OC. The Morgan fingerprint density at radius 1 is 0.864 bits per heavy atom. The number of ether oxygens (including phenoxy) is 4. The minimum Gasteiger partial charge on any atom is -0.496 e. The first kappa shape index (κ1) is 16.1. The molecule has 0 bridgehead atoms. The summed E-state index contributed by atoms with van der Waals surface area (Å²) in [5.41, 5.74) is 1.17. The van der Waals surface area contributed by atoms with Gasteiger partial charge in [0.15, 0.2) is 6.79 Å². The van der Waals surface area contributed by atoms with Crippen LogP contribution in [0.25, 0.3) is 0 Å². The fraction of sp³-hybridized carbons (Fsp3) is 0.294. The van der Waals surface area contributed by atoms with Gasteiger partial charge >= 0.3 is 0 Å². The molecule has 1 N–H and O–H groups in total. The van der Waals surface area contributed by atoms with Crippen molar-refractivity contribution in [2.75, 3.05) is 28.1 Å². The van der Waals surface area contributed by atoms with E-state index in [4.69, 9.17) is 18.9 Å². The topological polar surface area (TPSA) is 57.2 Å². The number of aliphatic hydroxyl groups excluding tert-OH is 1. The summed E-state index contributed by atoms with van der Waals surface area (Å²) in [6.07, 6.45) is -0.945. The van der Waals surface area contributed by atoms with Crippen LogP contribution >= 0.6 is 0 Å². The van der Waals surface area contributed by atoms with E-state index in [2.05, 4.69) is 0 Å². The average molecular weight is 304 g/mol. The van der Waals surface area contributed by atoms with Gasteiger partial charge < -0.3 is 24.1 Å². The lowest BCUT2D eigenvalue weighted by atomic mass is 9.98. The minimum absolute atomic E-state index is 0.104. The van der Waals surface area contributed by atoms with Gasteiger partial charge in [-0.2, -0.15) is 0 Å². The quantitative estimate of drug-likeness (QED) is 0.797. The zero-order valence-corrected chi connectivity index (χ0v) is 12.9. The van der Waals surface area contributed by atoms with Crippen LogP contribution in [-0.4, -0.2) is 33.2 Å². The highest BCUT2D eigenvalue weighted by Crippen LogP contribution is 2.39. The molecule has 0 fully saturated rings. The standard InChI is InChI=1S/C17H20O5/c1-19-11-22-13-8-5-4-7-12(13)17(18)16-14(20-2)9-6-10-15(16)21-3/h4-10,17-18H,11H2,1-3H3. The number of aliphatic hydroxyl groups is 1. The van der Waals surface area contributed by atoms with Crippen molar-refractivity contribution in [3.63, 3.8) is 0 Å². The smallest absolute Gasteiger partial charge is 0.188 e. The summed E-state index contributed by atoms with van der Waals surface area (Å²) in [5.74, 6) is 1.64. The van der Waals surface area contributed by atoms with Crippen molar-refractivity contribution in [2.24, 2.45) is 0 Å². The van der Waals surface area contributed by atoms with Gasteiger partial charge in [-0.05, 0) is 18.2 Å². The Labute approximate surface area is 130 Å². The Bertz CT molecular complexity index is 589. The summed E-state index contributed by atoms with van der Waals surface area (Å²) in [5, 5.41) is 10.8. The van der Waals surface area contributed by atoms with E-state index in [0.29, 0.717) is 28.4 Å². The molecule has 0 aliphatic rings. The van der Waals surface area contributed by atoms with E-state index in [-0.39, 0.29) is 6.79 Å². The number of para-hydroxylation sites is 1. The first-order valence-corrected chi connectivity index (χ1v) is 6.82. The molecule has 0 saturated heterocycles. The molecule has 2 aromatic carbocycles. The largest absolute Gasteiger partial charge is 0.496 e. The van der Waals surface area contributed by atoms with E-state index in [1.54, 1.807) is 51.7 Å². The molecule has 0 heterocycles. The van der Waals surface area contributed by atoms with E-state index in [1.165, 1.54) is 0 Å². The van der Waals surface area contributed by atoms with Gasteiger partial charge in [0.25, 0.3) is 0 Å². The number of hydrogen-bond donors (Lipinski definition) is 1. The molecule has 0 aliphatic carbocycles. The highest BCUT2D eigenvalue weighted by atomic mass is 16.7. The van der Waals surface area contributed by atoms with E-state index >= 15 is 0 Å². The molecule has 2 rings (SSSR count). The molecule has 0 aliphatic heterocycles. The van der Waals surface area contributed by atoms with Crippen molar-refractivity contribution < 1.29 is 24.1 Å². The first-order valence-electron chi connectivity index (χ1n) is 6.82. The number of rotatable bonds is 7. The van der Waals surface area contributed by atoms with Crippen LogP contribution in [0.4, 0.5) is 0 Å². The lowest BCUT2D eigenvalue weighted by molar-refractivity contribution is 0.0487. The molecule has 2 aromatic rings. The number of methoxy groups -OCH3 is 3. The van der Waals surface area contributed by atoms with Gasteiger partial charge in [-0.3, -0.25) is 0 Å². The van der Waals surface area contributed by atoms with Crippen LogP contribution in [0.3, 0.4) is 0 Å². The van der Waals surface area contributed by atoms with Crippen LogP contribution in [0.1, 0.15) is 17.2 Å². The zero-order chi connectivity index (χ0) is 15.9. The van der Waals surface area contributed by atoms with Crippen LogP contribution in [0.15, 0.2) is 42.5 Å². The lowest BCUT2D eigenvalue weighted by Crippen LogP contribution is -2.08. The van der Waals surface area contributed by atoms with Gasteiger partial charge in [0, 0.05) is 12.7 Å². The summed E-state index contributed by atoms with van der Waals surface area (Å²) in [4.78, 5) is 0. The van der Waals surface area contributed by atoms with Gasteiger partial charge in [-0.15, -0.1) is 0 Å². The van der Waals surface area contributed by atoms with Gasteiger partial charge in [0.2, 0.25) is 0 Å². The van der Waals surface area contributed by atoms with Crippen molar-refractivity contribution in [2.45, 2.75) is 6.10 Å². The predicted molar refractivity (Wildman–Crippen MR) is 82.6 cm³/mol. The van der Waals surface area contributed by atoms with Gasteiger partial charge in [-0.25, -0.2) is 0 Å². The maximum absolute atomic E-state index is 10.8. The van der Waals surface area contributed by atoms with E-state index in [9.17, 15) is 5.11 Å². The predicted octanol–water partition coefficient (Wildman–Crippen LogP) is 2.77. The van der Waals surface area contributed by atoms with E-state index < -0.39 is 6.10 Å². The number of benzene rings is 2. The lowest BCUT2D eigenvalue weighted by Gasteiger charge is -2.20. The fourth-order valence-corrected chi connectivity index (χ4v) is 2.27. The third-order valence-corrected chi connectivity index (χ3v) is 3.29. The molecule has 1 atom stereocenters. The molecule has 0 amide bonds. The molecule has 0 saturated carbocycles. The monoisotopic (exact) mass is 304 g/mol. The summed E-state index contributed by atoms with van der Waals surface area (Å²) in [6, 6.07) is 12.6. The maximum Gasteiger partial charge on any atom is 0.188 e. The molecule has 0 radical (unpaired) electrons. The third-order valence-electron chi connectivity index (χ3n) is 3.29. The summed E-state index contributed by atoms with van der Waals surface area (Å²) < 4.78 is 21.1. The molecule has 1 unspecified atom stereocenters. The van der Waals surface area contributed by atoms with Crippen LogP contribution in [0.2, 0.25) is 0 Å². The van der Waals surface area contributed by atoms with E-state index in [0.717, 1.165) is 0 Å². The molecule has 0 spiro atoms. The van der Waals surface area contributed by atoms with Gasteiger partial charge in [-0.1, -0.05) is 24.3 Å². The number of hydrogen-bond acceptors (Lipinski definition) is 5. The fourth-order valence-electron chi connectivity index (χ4n) is 2.27. The Hall–Kier alpha value is -2.24. The molecule has 0 aromatic heterocycles. The highest BCUT2D eigenvalue weighted by Gasteiger charge is 2.23. The van der Waals surface area contributed by atoms with Crippen LogP contribution in [-0.2, 0) is 4.74 Å². The van der Waals surface area contributed by atoms with Crippen LogP contribution < -0.4 is 14.2 Å². The summed E-state index contributed by atoms with van der Waals surface area (Å²) >= 11 is 0. The third kappa shape index (κ3) is 3.32. The first-order chi connectivity index (χ1) is 10.7. The molecule has 118 valence electrons. The Morgan fingerprint density at radius 3 is 2.05 bits per heavy atom.